The van der Waals surface area contributed by atoms with Crippen LogP contribution in [-0.4, -0.2) is 27.9 Å². The van der Waals surface area contributed by atoms with Crippen molar-refractivity contribution in [1.29, 1.82) is 0 Å². The Balaban J connectivity index is 2.18. The molecule has 0 radical (unpaired) electrons. The number of carboxylic acids is 1. The molecule has 0 saturated carbocycles. The standard InChI is InChI=1S/C18H29NO4/c1-12(2)8-9-13-5-3-7-15-17(19-23-18(13)15)14(6-4-10-20)11-16(21)22/h12-14,20H,3-11H2,1-2H3,(H,21,22)/t13-,14?/m0/s1. The summed E-state index contributed by atoms with van der Waals surface area (Å²) in [6, 6.07) is 0. The number of carboxylic acid groups (broad SMARTS) is 1. The molecule has 130 valence electrons. The van der Waals surface area contributed by atoms with Crippen LogP contribution in [0.3, 0.4) is 0 Å². The van der Waals surface area contributed by atoms with Gasteiger partial charge in [-0.1, -0.05) is 25.4 Å². The number of carbonyl (C=O) groups is 1. The van der Waals surface area contributed by atoms with E-state index < -0.39 is 5.97 Å². The first-order chi connectivity index (χ1) is 11.0. The smallest absolute Gasteiger partial charge is 0.304 e. The lowest BCUT2D eigenvalue weighted by atomic mass is 9.81. The summed E-state index contributed by atoms with van der Waals surface area (Å²) in [6.45, 7) is 4.54. The highest BCUT2D eigenvalue weighted by Gasteiger charge is 2.31. The molecular formula is C18H29NO4. The van der Waals surface area contributed by atoms with E-state index >= 15 is 0 Å². The number of rotatable bonds is 9. The van der Waals surface area contributed by atoms with Crippen LogP contribution in [0.5, 0.6) is 0 Å². The van der Waals surface area contributed by atoms with E-state index in [0.717, 1.165) is 42.7 Å². The number of aliphatic hydroxyl groups is 1. The highest BCUT2D eigenvalue weighted by Crippen LogP contribution is 2.40. The molecule has 2 rings (SSSR count). The van der Waals surface area contributed by atoms with Gasteiger partial charge in [0.2, 0.25) is 0 Å². The molecule has 1 aromatic heterocycles. The molecule has 0 saturated heterocycles. The van der Waals surface area contributed by atoms with Gasteiger partial charge in [0.25, 0.3) is 0 Å². The minimum atomic E-state index is -0.822. The predicted octanol–water partition coefficient (Wildman–Crippen LogP) is 3.86. The third-order valence-electron chi connectivity index (χ3n) is 4.81. The SMILES string of the molecule is CC(C)CC[C@@H]1CCCc2c(C(CCCO)CC(=O)O)noc21. The van der Waals surface area contributed by atoms with Gasteiger partial charge in [0.15, 0.2) is 0 Å². The Labute approximate surface area is 138 Å². The second kappa shape index (κ2) is 8.48. The van der Waals surface area contributed by atoms with Gasteiger partial charge in [-0.25, -0.2) is 0 Å². The Bertz CT molecular complexity index is 509. The summed E-state index contributed by atoms with van der Waals surface area (Å²) < 4.78 is 5.67. The molecule has 2 atom stereocenters. The Morgan fingerprint density at radius 3 is 2.83 bits per heavy atom. The highest BCUT2D eigenvalue weighted by atomic mass is 16.5. The number of aliphatic carboxylic acids is 1. The first-order valence-electron chi connectivity index (χ1n) is 8.83. The fourth-order valence-electron chi connectivity index (χ4n) is 3.58. The molecule has 1 aliphatic carbocycles. The molecule has 5 heteroatoms. The molecule has 1 aromatic rings. The lowest BCUT2D eigenvalue weighted by molar-refractivity contribution is -0.137. The topological polar surface area (TPSA) is 83.6 Å². The Kier molecular flexibility index (Phi) is 6.63. The van der Waals surface area contributed by atoms with Crippen molar-refractivity contribution in [2.45, 2.75) is 77.0 Å². The second-order valence-electron chi connectivity index (χ2n) is 7.13. The summed E-state index contributed by atoms with van der Waals surface area (Å²) >= 11 is 0. The number of aliphatic hydroxyl groups excluding tert-OH is 1. The summed E-state index contributed by atoms with van der Waals surface area (Å²) in [4.78, 5) is 11.2. The van der Waals surface area contributed by atoms with Crippen LogP contribution in [0.2, 0.25) is 0 Å². The molecule has 0 amide bonds. The summed E-state index contributed by atoms with van der Waals surface area (Å²) in [7, 11) is 0. The largest absolute Gasteiger partial charge is 0.481 e. The van der Waals surface area contributed by atoms with E-state index in [1.807, 2.05) is 0 Å². The fourth-order valence-corrected chi connectivity index (χ4v) is 3.58. The van der Waals surface area contributed by atoms with Crippen LogP contribution in [0, 0.1) is 5.92 Å². The molecule has 1 aliphatic rings. The molecule has 2 N–H and O–H groups in total. The van der Waals surface area contributed by atoms with Crippen LogP contribution >= 0.6 is 0 Å². The van der Waals surface area contributed by atoms with Crippen molar-refractivity contribution in [3.63, 3.8) is 0 Å². The molecule has 0 aromatic carbocycles. The summed E-state index contributed by atoms with van der Waals surface area (Å²) in [5, 5.41) is 22.5. The van der Waals surface area contributed by atoms with Gasteiger partial charge >= 0.3 is 5.97 Å². The minimum absolute atomic E-state index is 0.0512. The maximum atomic E-state index is 11.2. The first-order valence-corrected chi connectivity index (χ1v) is 8.83. The van der Waals surface area contributed by atoms with E-state index in [2.05, 4.69) is 19.0 Å². The van der Waals surface area contributed by atoms with Crippen molar-refractivity contribution in [1.82, 2.24) is 5.16 Å². The Morgan fingerprint density at radius 1 is 1.39 bits per heavy atom. The second-order valence-corrected chi connectivity index (χ2v) is 7.13. The molecular weight excluding hydrogens is 294 g/mol. The Morgan fingerprint density at radius 2 is 2.17 bits per heavy atom. The van der Waals surface area contributed by atoms with Crippen molar-refractivity contribution < 1.29 is 19.5 Å². The van der Waals surface area contributed by atoms with Crippen molar-refractivity contribution in [2.75, 3.05) is 6.61 Å². The average Bonchev–Trinajstić information content (AvgIpc) is 2.93. The van der Waals surface area contributed by atoms with Gasteiger partial charge in [-0.15, -0.1) is 0 Å². The zero-order valence-electron chi connectivity index (χ0n) is 14.3. The third kappa shape index (κ3) is 4.80. The average molecular weight is 323 g/mol. The van der Waals surface area contributed by atoms with Gasteiger partial charge in [-0.05, 0) is 44.4 Å². The van der Waals surface area contributed by atoms with Crippen molar-refractivity contribution in [3.8, 4) is 0 Å². The van der Waals surface area contributed by atoms with Crippen molar-refractivity contribution >= 4 is 5.97 Å². The van der Waals surface area contributed by atoms with Gasteiger partial charge in [-0.3, -0.25) is 4.79 Å². The van der Waals surface area contributed by atoms with Crippen LogP contribution in [0.1, 0.15) is 87.6 Å². The zero-order chi connectivity index (χ0) is 16.8. The van der Waals surface area contributed by atoms with Crippen molar-refractivity contribution in [3.05, 3.63) is 17.0 Å². The quantitative estimate of drug-likeness (QED) is 0.721. The van der Waals surface area contributed by atoms with Crippen LogP contribution in [0.15, 0.2) is 4.52 Å². The first kappa shape index (κ1) is 18.0. The molecule has 0 fully saturated rings. The molecule has 23 heavy (non-hydrogen) atoms. The van der Waals surface area contributed by atoms with Gasteiger partial charge in [0.05, 0.1) is 12.1 Å². The normalized spacial score (nSPS) is 18.9. The van der Waals surface area contributed by atoms with Gasteiger partial charge in [0.1, 0.15) is 5.76 Å². The van der Waals surface area contributed by atoms with E-state index in [0.29, 0.717) is 24.7 Å². The Hall–Kier alpha value is -1.36. The summed E-state index contributed by atoms with van der Waals surface area (Å²) in [5.41, 5.74) is 1.97. The van der Waals surface area contributed by atoms with E-state index in [4.69, 9.17) is 14.7 Å². The third-order valence-corrected chi connectivity index (χ3v) is 4.81. The van der Waals surface area contributed by atoms with E-state index in [-0.39, 0.29) is 18.9 Å². The van der Waals surface area contributed by atoms with E-state index in [1.165, 1.54) is 6.42 Å². The molecule has 5 nitrogen and oxygen atoms in total. The predicted molar refractivity (Wildman–Crippen MR) is 87.6 cm³/mol. The molecule has 1 unspecified atom stereocenters. The van der Waals surface area contributed by atoms with Crippen LogP contribution in [-0.2, 0) is 11.2 Å². The molecule has 0 spiro atoms. The number of fused-ring (bicyclic) bond motifs is 1. The fraction of sp³-hybridized carbons (Fsp3) is 0.778. The summed E-state index contributed by atoms with van der Waals surface area (Å²) in [6.07, 6.45) is 6.74. The summed E-state index contributed by atoms with van der Waals surface area (Å²) in [5.74, 6) is 1.11. The maximum Gasteiger partial charge on any atom is 0.304 e. The van der Waals surface area contributed by atoms with Gasteiger partial charge in [0, 0.05) is 24.0 Å². The van der Waals surface area contributed by atoms with Gasteiger partial charge < -0.3 is 14.7 Å². The number of hydrogen-bond donors (Lipinski definition) is 2. The van der Waals surface area contributed by atoms with E-state index in [9.17, 15) is 4.79 Å². The van der Waals surface area contributed by atoms with Crippen LogP contribution in [0.25, 0.3) is 0 Å². The monoisotopic (exact) mass is 323 g/mol. The number of nitrogens with zero attached hydrogens (tertiary/aromatic N) is 1. The van der Waals surface area contributed by atoms with Gasteiger partial charge in [-0.2, -0.15) is 0 Å². The lowest BCUT2D eigenvalue weighted by Crippen LogP contribution is -2.13. The maximum absolute atomic E-state index is 11.2. The highest BCUT2D eigenvalue weighted by molar-refractivity contribution is 5.68. The van der Waals surface area contributed by atoms with Crippen molar-refractivity contribution in [2.24, 2.45) is 5.92 Å². The molecule has 0 aliphatic heterocycles. The van der Waals surface area contributed by atoms with Crippen LogP contribution < -0.4 is 0 Å². The number of aromatic nitrogens is 1. The van der Waals surface area contributed by atoms with E-state index in [1.54, 1.807) is 0 Å². The molecule has 0 bridgehead atoms. The molecule has 1 heterocycles. The number of hydrogen-bond acceptors (Lipinski definition) is 4. The minimum Gasteiger partial charge on any atom is -0.481 e. The zero-order valence-corrected chi connectivity index (χ0v) is 14.3. The van der Waals surface area contributed by atoms with Crippen LogP contribution in [0.4, 0.5) is 0 Å². The lowest BCUT2D eigenvalue weighted by Gasteiger charge is -2.22.